The van der Waals surface area contributed by atoms with Crippen LogP contribution in [0, 0.1) is 6.92 Å². The smallest absolute Gasteiger partial charge is 0.249 e. The van der Waals surface area contributed by atoms with Crippen molar-refractivity contribution in [2.45, 2.75) is 26.3 Å². The average Bonchev–Trinajstić information content (AvgIpc) is 2.87. The molecule has 2 aromatic heterocycles. The van der Waals surface area contributed by atoms with E-state index in [4.69, 9.17) is 0 Å². The van der Waals surface area contributed by atoms with Crippen molar-refractivity contribution in [2.24, 2.45) is 7.05 Å². The summed E-state index contributed by atoms with van der Waals surface area (Å²) >= 11 is 3.33. The second kappa shape index (κ2) is 5.56. The molecule has 6 nitrogen and oxygen atoms in total. The van der Waals surface area contributed by atoms with Crippen LogP contribution in [0.4, 0.5) is 5.69 Å². The molecule has 0 bridgehead atoms. The maximum Gasteiger partial charge on any atom is 0.249 e. The van der Waals surface area contributed by atoms with Gasteiger partial charge in [0.2, 0.25) is 5.91 Å². The van der Waals surface area contributed by atoms with Crippen molar-refractivity contribution < 1.29 is 4.79 Å². The first kappa shape index (κ1) is 13.8. The number of amides is 1. The fourth-order valence-corrected chi connectivity index (χ4v) is 2.22. The molecule has 0 saturated heterocycles. The predicted octanol–water partition coefficient (Wildman–Crippen LogP) is 2.28. The largest absolute Gasteiger partial charge is 0.321 e. The SMILES string of the molecule is CCC(C(=O)Nc1cn(C)nc1C)n1cc(Br)cn1. The molecule has 1 N–H and O–H groups in total. The Kier molecular flexibility index (Phi) is 4.04. The molecule has 19 heavy (non-hydrogen) atoms. The number of hydrogen-bond acceptors (Lipinski definition) is 3. The molecule has 7 heteroatoms. The zero-order valence-electron chi connectivity index (χ0n) is 11.1. The van der Waals surface area contributed by atoms with Gasteiger partial charge in [-0.1, -0.05) is 6.92 Å². The summed E-state index contributed by atoms with van der Waals surface area (Å²) in [6, 6.07) is -0.328. The second-order valence-corrected chi connectivity index (χ2v) is 5.27. The van der Waals surface area contributed by atoms with Gasteiger partial charge in [0.15, 0.2) is 0 Å². The van der Waals surface area contributed by atoms with E-state index in [-0.39, 0.29) is 11.9 Å². The highest BCUT2D eigenvalue weighted by Gasteiger charge is 2.20. The number of nitrogens with zero attached hydrogens (tertiary/aromatic N) is 4. The Labute approximate surface area is 119 Å². The van der Waals surface area contributed by atoms with E-state index in [1.54, 1.807) is 28.0 Å². The molecule has 0 aromatic carbocycles. The lowest BCUT2D eigenvalue weighted by Gasteiger charge is -2.14. The van der Waals surface area contributed by atoms with Crippen molar-refractivity contribution in [1.29, 1.82) is 0 Å². The highest BCUT2D eigenvalue weighted by molar-refractivity contribution is 9.10. The second-order valence-electron chi connectivity index (χ2n) is 4.35. The van der Waals surface area contributed by atoms with Gasteiger partial charge in [0, 0.05) is 19.4 Å². The van der Waals surface area contributed by atoms with E-state index >= 15 is 0 Å². The Morgan fingerprint density at radius 3 is 2.74 bits per heavy atom. The molecule has 2 heterocycles. The highest BCUT2D eigenvalue weighted by Crippen LogP contribution is 2.18. The van der Waals surface area contributed by atoms with Gasteiger partial charge in [0.1, 0.15) is 6.04 Å². The summed E-state index contributed by atoms with van der Waals surface area (Å²) in [6.07, 6.45) is 5.92. The average molecular weight is 326 g/mol. The normalized spacial score (nSPS) is 12.4. The highest BCUT2D eigenvalue weighted by atomic mass is 79.9. The molecule has 0 saturated carbocycles. The lowest BCUT2D eigenvalue weighted by atomic mass is 10.2. The number of carbonyl (C=O) groups is 1. The first-order chi connectivity index (χ1) is 9.01. The number of nitrogens with one attached hydrogen (secondary N) is 1. The Hall–Kier alpha value is -1.63. The van der Waals surface area contributed by atoms with Crippen LogP contribution < -0.4 is 5.32 Å². The van der Waals surface area contributed by atoms with Gasteiger partial charge in [-0.15, -0.1) is 0 Å². The van der Waals surface area contributed by atoms with E-state index in [2.05, 4.69) is 31.4 Å². The molecular weight excluding hydrogens is 310 g/mol. The minimum atomic E-state index is -0.328. The fraction of sp³-hybridized carbons (Fsp3) is 0.417. The zero-order valence-corrected chi connectivity index (χ0v) is 12.7. The number of rotatable bonds is 4. The Balaban J connectivity index is 2.15. The maximum absolute atomic E-state index is 12.3. The topological polar surface area (TPSA) is 64.7 Å². The third-order valence-electron chi connectivity index (χ3n) is 2.85. The Morgan fingerprint density at radius 1 is 1.53 bits per heavy atom. The minimum Gasteiger partial charge on any atom is -0.321 e. The van der Waals surface area contributed by atoms with Gasteiger partial charge in [-0.05, 0) is 29.3 Å². The van der Waals surface area contributed by atoms with Gasteiger partial charge in [0.05, 0.1) is 22.1 Å². The predicted molar refractivity (Wildman–Crippen MR) is 75.8 cm³/mol. The van der Waals surface area contributed by atoms with E-state index in [1.165, 1.54) is 0 Å². The van der Waals surface area contributed by atoms with E-state index < -0.39 is 0 Å². The number of aromatic nitrogens is 4. The Bertz CT molecular complexity index is 589. The molecule has 0 radical (unpaired) electrons. The van der Waals surface area contributed by atoms with Gasteiger partial charge in [0.25, 0.3) is 0 Å². The number of halogens is 1. The van der Waals surface area contributed by atoms with Crippen molar-refractivity contribution in [3.8, 4) is 0 Å². The summed E-state index contributed by atoms with van der Waals surface area (Å²) in [5.41, 5.74) is 1.53. The summed E-state index contributed by atoms with van der Waals surface area (Å²) in [4.78, 5) is 12.3. The molecule has 1 atom stereocenters. The van der Waals surface area contributed by atoms with Gasteiger partial charge in [-0.25, -0.2) is 0 Å². The third kappa shape index (κ3) is 3.04. The quantitative estimate of drug-likeness (QED) is 0.937. The number of carbonyl (C=O) groups excluding carboxylic acids is 1. The molecule has 0 aliphatic heterocycles. The number of anilines is 1. The molecule has 0 fully saturated rings. The fourth-order valence-electron chi connectivity index (χ4n) is 1.92. The van der Waals surface area contributed by atoms with Crippen LogP contribution >= 0.6 is 15.9 Å². The van der Waals surface area contributed by atoms with E-state index in [0.717, 1.165) is 15.9 Å². The molecule has 2 aromatic rings. The van der Waals surface area contributed by atoms with Crippen LogP contribution in [0.2, 0.25) is 0 Å². The molecule has 1 unspecified atom stereocenters. The van der Waals surface area contributed by atoms with Crippen molar-refractivity contribution >= 4 is 27.5 Å². The van der Waals surface area contributed by atoms with Crippen LogP contribution in [0.15, 0.2) is 23.1 Å². The number of hydrogen-bond donors (Lipinski definition) is 1. The monoisotopic (exact) mass is 325 g/mol. The maximum atomic E-state index is 12.3. The van der Waals surface area contributed by atoms with Crippen molar-refractivity contribution in [3.05, 3.63) is 28.8 Å². The van der Waals surface area contributed by atoms with Crippen LogP contribution in [-0.4, -0.2) is 25.5 Å². The standard InChI is InChI=1S/C12H16BrN5O/c1-4-11(18-6-9(13)5-14-18)12(19)15-10-7-17(3)16-8(10)2/h5-7,11H,4H2,1-3H3,(H,15,19). The summed E-state index contributed by atoms with van der Waals surface area (Å²) < 4.78 is 4.19. The van der Waals surface area contributed by atoms with Crippen LogP contribution in [0.5, 0.6) is 0 Å². The van der Waals surface area contributed by atoms with E-state index in [0.29, 0.717) is 6.42 Å². The Morgan fingerprint density at radius 2 is 2.26 bits per heavy atom. The molecule has 1 amide bonds. The summed E-state index contributed by atoms with van der Waals surface area (Å²) in [5.74, 6) is -0.0887. The van der Waals surface area contributed by atoms with E-state index in [9.17, 15) is 4.79 Å². The van der Waals surface area contributed by atoms with Gasteiger partial charge >= 0.3 is 0 Å². The van der Waals surface area contributed by atoms with Gasteiger partial charge in [-0.3, -0.25) is 14.2 Å². The molecule has 0 spiro atoms. The van der Waals surface area contributed by atoms with E-state index in [1.807, 2.05) is 20.9 Å². The lowest BCUT2D eigenvalue weighted by molar-refractivity contribution is -0.119. The molecule has 0 aliphatic rings. The molecule has 0 aliphatic carbocycles. The molecule has 2 rings (SSSR count). The van der Waals surface area contributed by atoms with Gasteiger partial charge in [-0.2, -0.15) is 10.2 Å². The van der Waals surface area contributed by atoms with Crippen molar-refractivity contribution in [3.63, 3.8) is 0 Å². The number of aryl methyl sites for hydroxylation is 2. The summed E-state index contributed by atoms with van der Waals surface area (Å²) in [7, 11) is 1.82. The first-order valence-corrected chi connectivity index (χ1v) is 6.81. The summed E-state index contributed by atoms with van der Waals surface area (Å²) in [5, 5.41) is 11.3. The van der Waals surface area contributed by atoms with Crippen LogP contribution in [0.3, 0.4) is 0 Å². The lowest BCUT2D eigenvalue weighted by Crippen LogP contribution is -2.26. The zero-order chi connectivity index (χ0) is 14.0. The molecule has 102 valence electrons. The summed E-state index contributed by atoms with van der Waals surface area (Å²) in [6.45, 7) is 3.82. The molecular formula is C12H16BrN5O. The van der Waals surface area contributed by atoms with Gasteiger partial charge < -0.3 is 5.32 Å². The third-order valence-corrected chi connectivity index (χ3v) is 3.26. The van der Waals surface area contributed by atoms with Crippen LogP contribution in [0.25, 0.3) is 0 Å². The minimum absolute atomic E-state index is 0.0887. The van der Waals surface area contributed by atoms with Crippen LogP contribution in [-0.2, 0) is 11.8 Å². The van der Waals surface area contributed by atoms with Crippen molar-refractivity contribution in [2.75, 3.05) is 5.32 Å². The van der Waals surface area contributed by atoms with Crippen molar-refractivity contribution in [1.82, 2.24) is 19.6 Å². The first-order valence-electron chi connectivity index (χ1n) is 6.02. The van der Waals surface area contributed by atoms with Crippen LogP contribution in [0.1, 0.15) is 25.1 Å².